The van der Waals surface area contributed by atoms with E-state index < -0.39 is 0 Å². The van der Waals surface area contributed by atoms with Crippen LogP contribution in [-0.4, -0.2) is 40.4 Å². The van der Waals surface area contributed by atoms with Gasteiger partial charge >= 0.3 is 0 Å². The second-order valence-corrected chi connectivity index (χ2v) is 8.22. The lowest BCUT2D eigenvalue weighted by molar-refractivity contribution is -0.130. The highest BCUT2D eigenvalue weighted by atomic mass is 16.5. The Bertz CT molecular complexity index is 1270. The van der Waals surface area contributed by atoms with E-state index in [1.807, 2.05) is 43.0 Å². The van der Waals surface area contributed by atoms with Gasteiger partial charge in [-0.05, 0) is 62.6 Å². The van der Waals surface area contributed by atoms with Crippen molar-refractivity contribution >= 4 is 11.6 Å². The number of nitrogens with zero attached hydrogens (tertiary/aromatic N) is 3. The van der Waals surface area contributed by atoms with Crippen LogP contribution in [-0.2, 0) is 11.2 Å². The van der Waals surface area contributed by atoms with Crippen molar-refractivity contribution in [3.05, 3.63) is 78.1 Å². The summed E-state index contributed by atoms with van der Waals surface area (Å²) >= 11 is 0. The van der Waals surface area contributed by atoms with Gasteiger partial charge in [0.2, 0.25) is 5.91 Å². The van der Waals surface area contributed by atoms with Crippen LogP contribution in [0.25, 0.3) is 28.0 Å². The molecule has 0 spiro atoms. The van der Waals surface area contributed by atoms with Gasteiger partial charge in [-0.25, -0.2) is 4.98 Å². The van der Waals surface area contributed by atoms with Gasteiger partial charge in [0.05, 0.1) is 18.5 Å². The minimum atomic E-state index is 0.168. The van der Waals surface area contributed by atoms with Gasteiger partial charge in [-0.2, -0.15) is 0 Å². The van der Waals surface area contributed by atoms with Gasteiger partial charge in [0, 0.05) is 31.3 Å². The second-order valence-electron chi connectivity index (χ2n) is 8.22. The first-order valence-electron chi connectivity index (χ1n) is 11.5. The van der Waals surface area contributed by atoms with Crippen LogP contribution in [0.1, 0.15) is 31.5 Å². The summed E-state index contributed by atoms with van der Waals surface area (Å²) in [6.45, 7) is 7.59. The quantitative estimate of drug-likeness (QED) is 0.348. The number of carbonyl (C=O) groups is 1. The van der Waals surface area contributed by atoms with E-state index in [0.717, 1.165) is 47.0 Å². The van der Waals surface area contributed by atoms with Crippen molar-refractivity contribution in [2.45, 2.75) is 33.6 Å². The Hall–Kier alpha value is -3.60. The number of hydrogen-bond donors (Lipinski definition) is 0. The molecular weight excluding hydrogens is 410 g/mol. The highest BCUT2D eigenvalue weighted by molar-refractivity contribution is 5.77. The van der Waals surface area contributed by atoms with E-state index >= 15 is 0 Å². The third kappa shape index (κ3) is 4.77. The van der Waals surface area contributed by atoms with Gasteiger partial charge < -0.3 is 14.0 Å². The first-order chi connectivity index (χ1) is 16.0. The number of amides is 1. The predicted octanol–water partition coefficient (Wildman–Crippen LogP) is 5.79. The molecule has 5 nitrogen and oxygen atoms in total. The maximum absolute atomic E-state index is 12.8. The van der Waals surface area contributed by atoms with Gasteiger partial charge in [0.25, 0.3) is 0 Å². The SMILES string of the molecule is CCN(CC)C(=O)CCc1c(-c2cccc(OC)c2)nc2ccc(-c3cccc(C)c3)cn12. The predicted molar refractivity (Wildman–Crippen MR) is 134 cm³/mol. The molecule has 170 valence electrons. The fourth-order valence-electron chi connectivity index (χ4n) is 4.29. The van der Waals surface area contributed by atoms with E-state index in [2.05, 4.69) is 53.9 Å². The van der Waals surface area contributed by atoms with Gasteiger partial charge in [0.1, 0.15) is 11.4 Å². The number of hydrogen-bond acceptors (Lipinski definition) is 3. The van der Waals surface area contributed by atoms with Crippen LogP contribution in [0.5, 0.6) is 5.75 Å². The molecular formula is C28H31N3O2. The van der Waals surface area contributed by atoms with Crippen LogP contribution < -0.4 is 4.74 Å². The largest absolute Gasteiger partial charge is 0.497 e. The molecule has 0 N–H and O–H groups in total. The van der Waals surface area contributed by atoms with Crippen LogP contribution in [0.2, 0.25) is 0 Å². The molecule has 5 heteroatoms. The van der Waals surface area contributed by atoms with E-state index in [9.17, 15) is 4.79 Å². The first-order valence-corrected chi connectivity index (χ1v) is 11.5. The van der Waals surface area contributed by atoms with E-state index in [1.54, 1.807) is 7.11 Å². The van der Waals surface area contributed by atoms with Crippen LogP contribution in [0.4, 0.5) is 0 Å². The molecule has 4 rings (SSSR count). The topological polar surface area (TPSA) is 46.8 Å². The maximum atomic E-state index is 12.8. The fourth-order valence-corrected chi connectivity index (χ4v) is 4.29. The average Bonchev–Trinajstić information content (AvgIpc) is 3.21. The lowest BCUT2D eigenvalue weighted by Gasteiger charge is -2.18. The molecule has 2 heterocycles. The molecule has 0 aliphatic carbocycles. The average molecular weight is 442 g/mol. The number of methoxy groups -OCH3 is 1. The highest BCUT2D eigenvalue weighted by Gasteiger charge is 2.18. The van der Waals surface area contributed by atoms with Gasteiger partial charge in [-0.3, -0.25) is 4.79 Å². The van der Waals surface area contributed by atoms with E-state index in [0.29, 0.717) is 12.8 Å². The number of pyridine rings is 1. The van der Waals surface area contributed by atoms with Gasteiger partial charge in [-0.15, -0.1) is 0 Å². The lowest BCUT2D eigenvalue weighted by Crippen LogP contribution is -2.30. The number of aryl methyl sites for hydroxylation is 2. The minimum Gasteiger partial charge on any atom is -0.497 e. The summed E-state index contributed by atoms with van der Waals surface area (Å²) in [5, 5.41) is 0. The summed E-state index contributed by atoms with van der Waals surface area (Å²) in [5.41, 5.74) is 7.29. The maximum Gasteiger partial charge on any atom is 0.222 e. The van der Waals surface area contributed by atoms with E-state index in [-0.39, 0.29) is 5.91 Å². The molecule has 33 heavy (non-hydrogen) atoms. The molecule has 0 saturated carbocycles. The molecule has 0 aliphatic heterocycles. The molecule has 1 amide bonds. The fraction of sp³-hybridized carbons (Fsp3) is 0.286. The standard InChI is InChI=1S/C28H31N3O2/c1-5-30(6-2)27(32)16-14-25-28(22-11-8-12-24(18-22)33-4)29-26-15-13-23(19-31(25)26)21-10-7-9-20(3)17-21/h7-13,15,17-19H,5-6,14,16H2,1-4H3. The minimum absolute atomic E-state index is 0.168. The number of ether oxygens (including phenoxy) is 1. The van der Waals surface area contributed by atoms with Crippen molar-refractivity contribution in [3.8, 4) is 28.1 Å². The first kappa shape index (κ1) is 22.6. The van der Waals surface area contributed by atoms with Crippen molar-refractivity contribution in [2.75, 3.05) is 20.2 Å². The van der Waals surface area contributed by atoms with Crippen molar-refractivity contribution < 1.29 is 9.53 Å². The molecule has 0 radical (unpaired) electrons. The molecule has 0 saturated heterocycles. The zero-order chi connectivity index (χ0) is 23.4. The Morgan fingerprint density at radius 2 is 1.73 bits per heavy atom. The Kier molecular flexibility index (Phi) is 6.78. The number of rotatable bonds is 8. The summed E-state index contributed by atoms with van der Waals surface area (Å²) in [4.78, 5) is 19.6. The van der Waals surface area contributed by atoms with Crippen LogP contribution in [0.15, 0.2) is 66.9 Å². The molecule has 2 aromatic carbocycles. The number of carbonyl (C=O) groups excluding carboxylic acids is 1. The zero-order valence-corrected chi connectivity index (χ0v) is 19.8. The van der Waals surface area contributed by atoms with Crippen LogP contribution >= 0.6 is 0 Å². The van der Waals surface area contributed by atoms with Crippen molar-refractivity contribution in [3.63, 3.8) is 0 Å². The molecule has 2 aromatic heterocycles. The molecule has 4 aromatic rings. The van der Waals surface area contributed by atoms with Crippen molar-refractivity contribution in [1.82, 2.24) is 14.3 Å². The number of imidazole rings is 1. The Morgan fingerprint density at radius 3 is 2.45 bits per heavy atom. The summed E-state index contributed by atoms with van der Waals surface area (Å²) in [7, 11) is 1.67. The number of benzene rings is 2. The molecule has 0 aliphatic rings. The molecule has 0 bridgehead atoms. The molecule has 0 atom stereocenters. The highest BCUT2D eigenvalue weighted by Crippen LogP contribution is 2.30. The second kappa shape index (κ2) is 9.90. The van der Waals surface area contributed by atoms with E-state index in [4.69, 9.17) is 9.72 Å². The normalized spacial score (nSPS) is 11.0. The summed E-state index contributed by atoms with van der Waals surface area (Å²) in [6, 6.07) is 20.6. The third-order valence-corrected chi connectivity index (χ3v) is 6.10. The monoisotopic (exact) mass is 441 g/mol. The summed E-state index contributed by atoms with van der Waals surface area (Å²) in [5.74, 6) is 0.955. The van der Waals surface area contributed by atoms with Crippen molar-refractivity contribution in [2.24, 2.45) is 0 Å². The Balaban J connectivity index is 1.81. The molecule has 0 fully saturated rings. The van der Waals surface area contributed by atoms with Crippen LogP contribution in [0, 0.1) is 6.92 Å². The smallest absolute Gasteiger partial charge is 0.222 e. The van der Waals surface area contributed by atoms with Crippen LogP contribution in [0.3, 0.4) is 0 Å². The lowest BCUT2D eigenvalue weighted by atomic mass is 10.0. The number of aromatic nitrogens is 2. The summed E-state index contributed by atoms with van der Waals surface area (Å²) in [6.07, 6.45) is 3.19. The zero-order valence-electron chi connectivity index (χ0n) is 19.8. The Labute approximate surface area is 195 Å². The van der Waals surface area contributed by atoms with Crippen molar-refractivity contribution in [1.29, 1.82) is 0 Å². The number of fused-ring (bicyclic) bond motifs is 1. The Morgan fingerprint density at radius 1 is 0.970 bits per heavy atom. The third-order valence-electron chi connectivity index (χ3n) is 6.10. The van der Waals surface area contributed by atoms with E-state index in [1.165, 1.54) is 11.1 Å². The summed E-state index contributed by atoms with van der Waals surface area (Å²) < 4.78 is 7.58. The molecule has 0 unspecified atom stereocenters. The van der Waals surface area contributed by atoms with Gasteiger partial charge in [0.15, 0.2) is 0 Å². The van der Waals surface area contributed by atoms with Gasteiger partial charge in [-0.1, -0.05) is 42.0 Å².